The van der Waals surface area contributed by atoms with Crippen LogP contribution in [-0.2, 0) is 4.74 Å². The number of hydrogen-bond donors (Lipinski definition) is 1. The largest absolute Gasteiger partial charge is 0.465 e. The first-order chi connectivity index (χ1) is 16.4. The molecule has 1 N–H and O–H groups in total. The Balaban J connectivity index is 1.57. The minimum atomic E-state index is -0.424. The molecule has 0 aromatic heterocycles. The zero-order chi connectivity index (χ0) is 24.2. The molecule has 176 valence electrons. The molecular formula is C29H30ClNO3. The molecule has 0 radical (unpaired) electrons. The molecule has 5 heteroatoms. The zero-order valence-electron chi connectivity index (χ0n) is 19.9. The van der Waals surface area contributed by atoms with Crippen molar-refractivity contribution >= 4 is 29.2 Å². The fourth-order valence-corrected chi connectivity index (χ4v) is 5.10. The summed E-state index contributed by atoms with van der Waals surface area (Å²) in [4.78, 5) is 25.1. The van der Waals surface area contributed by atoms with Crippen LogP contribution < -0.4 is 5.32 Å². The summed E-state index contributed by atoms with van der Waals surface area (Å²) in [6.07, 6.45) is 4.25. The fraction of sp³-hybridized carbons (Fsp3) is 0.310. The number of aryl methyl sites for hydroxylation is 2. The lowest BCUT2D eigenvalue weighted by Gasteiger charge is -2.31. The number of rotatable bonds is 5. The molecule has 1 saturated carbocycles. The Morgan fingerprint density at radius 1 is 0.824 bits per heavy atom. The normalized spacial score (nSPS) is 17.8. The van der Waals surface area contributed by atoms with Crippen LogP contribution in [0.15, 0.2) is 60.7 Å². The van der Waals surface area contributed by atoms with E-state index in [1.165, 1.54) is 23.8 Å². The first-order valence-electron chi connectivity index (χ1n) is 11.7. The van der Waals surface area contributed by atoms with Gasteiger partial charge in [0.15, 0.2) is 0 Å². The molecule has 0 heterocycles. The molecule has 0 atom stereocenters. The van der Waals surface area contributed by atoms with Crippen molar-refractivity contribution in [1.82, 2.24) is 0 Å². The van der Waals surface area contributed by atoms with Crippen LogP contribution in [-0.4, -0.2) is 19.0 Å². The predicted molar refractivity (Wildman–Crippen MR) is 137 cm³/mol. The van der Waals surface area contributed by atoms with Gasteiger partial charge in [-0.25, -0.2) is 4.79 Å². The second kappa shape index (κ2) is 10.4. The van der Waals surface area contributed by atoms with Gasteiger partial charge in [0, 0.05) is 16.3 Å². The summed E-state index contributed by atoms with van der Waals surface area (Å²) in [6.45, 7) is 4.34. The Morgan fingerprint density at radius 3 is 2.09 bits per heavy atom. The van der Waals surface area contributed by atoms with E-state index in [0.29, 0.717) is 33.7 Å². The van der Waals surface area contributed by atoms with E-state index >= 15 is 0 Å². The lowest BCUT2D eigenvalue weighted by atomic mass is 9.74. The first-order valence-corrected chi connectivity index (χ1v) is 12.1. The van der Waals surface area contributed by atoms with Gasteiger partial charge in [-0.05, 0) is 104 Å². The van der Waals surface area contributed by atoms with Crippen LogP contribution in [0.1, 0.15) is 80.5 Å². The number of anilines is 1. The highest BCUT2D eigenvalue weighted by Crippen LogP contribution is 2.43. The van der Waals surface area contributed by atoms with Gasteiger partial charge in [-0.1, -0.05) is 41.4 Å². The van der Waals surface area contributed by atoms with Crippen LogP contribution in [0.5, 0.6) is 0 Å². The second-order valence-electron chi connectivity index (χ2n) is 9.16. The highest BCUT2D eigenvalue weighted by molar-refractivity contribution is 6.30. The maximum absolute atomic E-state index is 12.9. The molecule has 1 amide bonds. The molecule has 4 nitrogen and oxygen atoms in total. The average molecular weight is 476 g/mol. The minimum Gasteiger partial charge on any atom is -0.465 e. The summed E-state index contributed by atoms with van der Waals surface area (Å²) in [6, 6.07) is 19.0. The summed E-state index contributed by atoms with van der Waals surface area (Å²) in [5.41, 5.74) is 6.77. The zero-order valence-corrected chi connectivity index (χ0v) is 20.6. The van der Waals surface area contributed by atoms with Crippen LogP contribution >= 0.6 is 11.6 Å². The number of esters is 1. The van der Waals surface area contributed by atoms with Gasteiger partial charge in [0.2, 0.25) is 0 Å². The van der Waals surface area contributed by atoms with E-state index in [1.54, 1.807) is 36.4 Å². The van der Waals surface area contributed by atoms with Gasteiger partial charge in [-0.2, -0.15) is 0 Å². The number of carbonyl (C=O) groups excluding carboxylic acids is 2. The monoisotopic (exact) mass is 475 g/mol. The number of methoxy groups -OCH3 is 1. The van der Waals surface area contributed by atoms with Crippen LogP contribution in [0.4, 0.5) is 5.69 Å². The van der Waals surface area contributed by atoms with Gasteiger partial charge in [-0.3, -0.25) is 4.79 Å². The molecule has 3 aromatic carbocycles. The van der Waals surface area contributed by atoms with E-state index in [4.69, 9.17) is 16.3 Å². The number of amides is 1. The van der Waals surface area contributed by atoms with Gasteiger partial charge in [0.25, 0.3) is 5.91 Å². The van der Waals surface area contributed by atoms with Crippen molar-refractivity contribution in [2.75, 3.05) is 12.4 Å². The number of ether oxygens (including phenoxy) is 1. The second-order valence-corrected chi connectivity index (χ2v) is 9.60. The minimum absolute atomic E-state index is 0.232. The smallest absolute Gasteiger partial charge is 0.337 e. The lowest BCUT2D eigenvalue weighted by molar-refractivity contribution is 0.0600. The quantitative estimate of drug-likeness (QED) is 0.390. The Kier molecular flexibility index (Phi) is 7.38. The van der Waals surface area contributed by atoms with Crippen molar-refractivity contribution in [1.29, 1.82) is 0 Å². The molecule has 34 heavy (non-hydrogen) atoms. The molecule has 1 aliphatic carbocycles. The predicted octanol–water partition coefficient (Wildman–Crippen LogP) is 7.44. The first kappa shape index (κ1) is 24.0. The molecule has 0 aliphatic heterocycles. The van der Waals surface area contributed by atoms with Gasteiger partial charge in [0.05, 0.1) is 12.7 Å². The molecule has 0 saturated heterocycles. The molecule has 4 rings (SSSR count). The topological polar surface area (TPSA) is 55.4 Å². The van der Waals surface area contributed by atoms with E-state index in [2.05, 4.69) is 37.4 Å². The Labute approximate surface area is 206 Å². The van der Waals surface area contributed by atoms with Crippen LogP contribution in [0.3, 0.4) is 0 Å². The van der Waals surface area contributed by atoms with E-state index in [0.717, 1.165) is 31.2 Å². The van der Waals surface area contributed by atoms with E-state index in [1.807, 2.05) is 6.07 Å². The number of nitrogens with one attached hydrogen (secondary N) is 1. The van der Waals surface area contributed by atoms with Gasteiger partial charge >= 0.3 is 5.97 Å². The lowest BCUT2D eigenvalue weighted by Crippen LogP contribution is -2.18. The van der Waals surface area contributed by atoms with Gasteiger partial charge in [0.1, 0.15) is 0 Å². The van der Waals surface area contributed by atoms with Crippen molar-refractivity contribution in [3.8, 4) is 0 Å². The number of hydrogen-bond acceptors (Lipinski definition) is 3. The molecule has 1 aliphatic rings. The fourth-order valence-electron chi connectivity index (χ4n) is 4.98. The van der Waals surface area contributed by atoms with Crippen LogP contribution in [0.2, 0.25) is 5.02 Å². The summed E-state index contributed by atoms with van der Waals surface area (Å²) in [5.74, 6) is 0.211. The van der Waals surface area contributed by atoms with E-state index in [-0.39, 0.29) is 5.91 Å². The average Bonchev–Trinajstić information content (AvgIpc) is 2.85. The van der Waals surface area contributed by atoms with Crippen molar-refractivity contribution in [3.63, 3.8) is 0 Å². The number of benzene rings is 3. The maximum atomic E-state index is 12.9. The molecule has 0 bridgehead atoms. The Hall–Kier alpha value is -3.11. The molecule has 3 aromatic rings. The molecule has 0 unspecified atom stereocenters. The molecule has 0 spiro atoms. The third kappa shape index (κ3) is 5.34. The Bertz CT molecular complexity index is 1190. The summed E-state index contributed by atoms with van der Waals surface area (Å²) >= 11 is 5.97. The maximum Gasteiger partial charge on any atom is 0.337 e. The number of halogens is 1. The number of carbonyl (C=O) groups is 2. The third-order valence-electron chi connectivity index (χ3n) is 6.87. The SMILES string of the molecule is COC(=O)c1ccc(C2CCC(c3cc(C)ccc3C)CC2)c(NC(=O)c2ccc(Cl)cc2)c1. The highest BCUT2D eigenvalue weighted by Gasteiger charge is 2.27. The standard InChI is InChI=1S/C29H30ClNO3/c1-18-4-5-19(2)26(16-18)21-8-6-20(7-9-21)25-15-12-23(29(33)34-3)17-27(25)31-28(32)22-10-13-24(30)14-11-22/h4-5,10-17,20-21H,6-9H2,1-3H3,(H,31,32). The molecule has 1 fully saturated rings. The van der Waals surface area contributed by atoms with Crippen LogP contribution in [0.25, 0.3) is 0 Å². The van der Waals surface area contributed by atoms with Gasteiger partial charge in [-0.15, -0.1) is 0 Å². The highest BCUT2D eigenvalue weighted by atomic mass is 35.5. The third-order valence-corrected chi connectivity index (χ3v) is 7.12. The van der Waals surface area contributed by atoms with Crippen molar-refractivity contribution in [2.24, 2.45) is 0 Å². The summed E-state index contributed by atoms with van der Waals surface area (Å²) < 4.78 is 4.90. The Morgan fingerprint density at radius 2 is 1.44 bits per heavy atom. The van der Waals surface area contributed by atoms with Crippen molar-refractivity contribution in [3.05, 3.63) is 99.1 Å². The van der Waals surface area contributed by atoms with E-state index in [9.17, 15) is 9.59 Å². The van der Waals surface area contributed by atoms with Gasteiger partial charge < -0.3 is 10.1 Å². The molecular weight excluding hydrogens is 446 g/mol. The van der Waals surface area contributed by atoms with Crippen molar-refractivity contribution < 1.29 is 14.3 Å². The van der Waals surface area contributed by atoms with Crippen molar-refractivity contribution in [2.45, 2.75) is 51.4 Å². The summed E-state index contributed by atoms with van der Waals surface area (Å²) in [5, 5.41) is 3.61. The van der Waals surface area contributed by atoms with Crippen LogP contribution in [0, 0.1) is 13.8 Å². The summed E-state index contributed by atoms with van der Waals surface area (Å²) in [7, 11) is 1.36. The van der Waals surface area contributed by atoms with E-state index < -0.39 is 5.97 Å².